The van der Waals surface area contributed by atoms with Crippen LogP contribution in [0.1, 0.15) is 41.5 Å². The second kappa shape index (κ2) is 7.87. The van der Waals surface area contributed by atoms with Gasteiger partial charge in [0.05, 0.1) is 0 Å². The minimum atomic E-state index is 0.141. The van der Waals surface area contributed by atoms with Crippen LogP contribution in [0.15, 0.2) is 33.5 Å². The van der Waals surface area contributed by atoms with Crippen LogP contribution in [0.5, 0.6) is 0 Å². The van der Waals surface area contributed by atoms with Gasteiger partial charge in [-0.25, -0.2) is 9.98 Å². The van der Waals surface area contributed by atoms with Crippen molar-refractivity contribution in [2.24, 2.45) is 9.98 Å². The van der Waals surface area contributed by atoms with Crippen LogP contribution < -0.4 is 0 Å². The van der Waals surface area contributed by atoms with E-state index in [2.05, 4.69) is 63.7 Å². The van der Waals surface area contributed by atoms with E-state index >= 15 is 0 Å². The Bertz CT molecular complexity index is 510. The molecule has 0 aliphatic carbocycles. The molecule has 8 heteroatoms. The molecule has 0 aromatic carbocycles. The molecule has 0 aromatic heterocycles. The van der Waals surface area contributed by atoms with Crippen molar-refractivity contribution in [1.29, 1.82) is 0 Å². The summed E-state index contributed by atoms with van der Waals surface area (Å²) in [5.74, 6) is 0. The van der Waals surface area contributed by atoms with Crippen LogP contribution in [0, 0.1) is 0 Å². The van der Waals surface area contributed by atoms with Crippen molar-refractivity contribution in [2.75, 3.05) is 0 Å². The van der Waals surface area contributed by atoms with Crippen molar-refractivity contribution >= 4 is 73.5 Å². The Morgan fingerprint density at radius 1 is 0.773 bits per heavy atom. The lowest BCUT2D eigenvalue weighted by Gasteiger charge is -2.25. The molecule has 0 N–H and O–H groups in total. The van der Waals surface area contributed by atoms with Gasteiger partial charge in [0, 0.05) is 20.9 Å². The third kappa shape index (κ3) is 6.43. The van der Waals surface area contributed by atoms with E-state index in [0.29, 0.717) is 0 Å². The maximum Gasteiger partial charge on any atom is 0.142 e. The Kier molecular flexibility index (Phi) is 6.88. The van der Waals surface area contributed by atoms with Gasteiger partial charge in [0.25, 0.3) is 0 Å². The molecule has 0 atom stereocenters. The Hall–Kier alpha value is 0.920. The molecule has 0 unspecified atom stereocenters. The summed E-state index contributed by atoms with van der Waals surface area (Å²) in [5.41, 5.74) is 2.22. The zero-order valence-electron chi connectivity index (χ0n) is 13.5. The lowest BCUT2D eigenvalue weighted by Crippen LogP contribution is -2.16. The molecule has 0 saturated heterocycles. The fraction of sp³-hybridized carbons (Fsp3) is 0.571. The van der Waals surface area contributed by atoms with E-state index in [4.69, 9.17) is 0 Å². The summed E-state index contributed by atoms with van der Waals surface area (Å²) >= 11 is 3.65. The summed E-state index contributed by atoms with van der Waals surface area (Å²) < 4.78 is 2.55. The highest BCUT2D eigenvalue weighted by atomic mass is 33.7. The molecule has 2 aliphatic heterocycles. The molecule has 0 aromatic rings. The molecule has 0 bridgehead atoms. The van der Waals surface area contributed by atoms with E-state index < -0.39 is 0 Å². The minimum Gasteiger partial charge on any atom is -0.239 e. The number of rotatable bonds is 3. The Morgan fingerprint density at radius 3 is 1.45 bits per heavy atom. The largest absolute Gasteiger partial charge is 0.239 e. The molecule has 2 heterocycles. The van der Waals surface area contributed by atoms with Crippen LogP contribution >= 0.6 is 64.8 Å². The maximum atomic E-state index is 4.61. The number of hydrogen-bond acceptors (Lipinski definition) is 8. The first kappa shape index (κ1) is 19.2. The van der Waals surface area contributed by atoms with E-state index in [9.17, 15) is 0 Å². The molecule has 0 amide bonds. The van der Waals surface area contributed by atoms with Gasteiger partial charge in [-0.05, 0) is 94.9 Å². The minimum absolute atomic E-state index is 0.141. The van der Waals surface area contributed by atoms with Crippen LogP contribution in [0.3, 0.4) is 0 Å². The summed E-state index contributed by atoms with van der Waals surface area (Å²) in [6.45, 7) is 13.1. The van der Waals surface area contributed by atoms with Crippen LogP contribution in [0.2, 0.25) is 0 Å². The van der Waals surface area contributed by atoms with E-state index in [0.717, 1.165) is 20.1 Å². The van der Waals surface area contributed by atoms with Gasteiger partial charge in [-0.3, -0.25) is 0 Å². The summed E-state index contributed by atoms with van der Waals surface area (Å²) in [6, 6.07) is 0. The number of nitrogens with zero attached hydrogens (tertiary/aromatic N) is 2. The standard InChI is InChI=1S/C14H20N2S6/c1-9-7-13(3,4)17-11(15-9)19-21-22-20-12-16-10(2)8-14(5,6)18-12/h7-8H,1-6H3. The van der Waals surface area contributed by atoms with Crippen LogP contribution in [0.25, 0.3) is 0 Å². The van der Waals surface area contributed by atoms with Crippen molar-refractivity contribution in [3.63, 3.8) is 0 Å². The van der Waals surface area contributed by atoms with E-state index in [1.165, 1.54) is 0 Å². The highest BCUT2D eigenvalue weighted by Crippen LogP contribution is 2.51. The molecule has 0 spiro atoms. The number of allylic oxidation sites excluding steroid dienone is 2. The van der Waals surface area contributed by atoms with Gasteiger partial charge in [0.15, 0.2) is 0 Å². The fourth-order valence-corrected chi connectivity index (χ4v) is 11.8. The first-order valence-corrected chi connectivity index (χ1v) is 13.2. The van der Waals surface area contributed by atoms with Crippen molar-refractivity contribution in [1.82, 2.24) is 0 Å². The summed E-state index contributed by atoms with van der Waals surface area (Å²) in [5, 5.41) is 0. The predicted molar refractivity (Wildman–Crippen MR) is 116 cm³/mol. The average molecular weight is 409 g/mol. The Balaban J connectivity index is 1.79. The topological polar surface area (TPSA) is 24.7 Å². The first-order valence-electron chi connectivity index (χ1n) is 6.77. The average Bonchev–Trinajstić information content (AvgIpc) is 2.29. The molecule has 0 saturated carbocycles. The van der Waals surface area contributed by atoms with Crippen LogP contribution in [-0.4, -0.2) is 18.2 Å². The zero-order chi connectivity index (χ0) is 16.4. The van der Waals surface area contributed by atoms with Crippen molar-refractivity contribution in [3.05, 3.63) is 23.5 Å². The monoisotopic (exact) mass is 408 g/mol. The SMILES string of the molecule is CC1=CC(C)(C)SC(SSSSC2=NC(C)=CC(C)(C)S2)=N1. The second-order valence-corrected chi connectivity index (χ2v) is 15.5. The van der Waals surface area contributed by atoms with Gasteiger partial charge in [0.1, 0.15) is 8.75 Å². The molecule has 2 rings (SSSR count). The summed E-state index contributed by atoms with van der Waals surface area (Å²) in [7, 11) is 7.01. The first-order chi connectivity index (χ1) is 10.2. The van der Waals surface area contributed by atoms with Crippen molar-refractivity contribution in [3.8, 4) is 0 Å². The smallest absolute Gasteiger partial charge is 0.142 e. The van der Waals surface area contributed by atoms with Gasteiger partial charge in [0.2, 0.25) is 0 Å². The molecule has 22 heavy (non-hydrogen) atoms. The number of aliphatic imine (C=N–C) groups is 2. The third-order valence-electron chi connectivity index (χ3n) is 2.59. The number of thioether (sulfide) groups is 2. The lowest BCUT2D eigenvalue weighted by atomic mass is 10.2. The second-order valence-electron chi connectivity index (χ2n) is 6.04. The molecule has 0 fully saturated rings. The van der Waals surface area contributed by atoms with E-state index in [1.54, 1.807) is 41.2 Å². The zero-order valence-corrected chi connectivity index (χ0v) is 18.4. The van der Waals surface area contributed by atoms with Crippen molar-refractivity contribution in [2.45, 2.75) is 51.0 Å². The summed E-state index contributed by atoms with van der Waals surface area (Å²) in [4.78, 5) is 9.23. The normalized spacial score (nSPS) is 23.4. The Labute approximate surface area is 157 Å². The third-order valence-corrected chi connectivity index (χ3v) is 11.4. The molecule has 2 aliphatic rings. The maximum absolute atomic E-state index is 4.61. The highest BCUT2D eigenvalue weighted by Gasteiger charge is 2.25. The van der Waals surface area contributed by atoms with Gasteiger partial charge in [-0.2, -0.15) is 0 Å². The molecule has 122 valence electrons. The molecular weight excluding hydrogens is 389 g/mol. The molecular formula is C14H20N2S6. The van der Waals surface area contributed by atoms with Gasteiger partial charge >= 0.3 is 0 Å². The summed E-state index contributed by atoms with van der Waals surface area (Å²) in [6.07, 6.45) is 4.44. The van der Waals surface area contributed by atoms with Crippen LogP contribution in [-0.2, 0) is 0 Å². The van der Waals surface area contributed by atoms with Gasteiger partial charge in [-0.1, -0.05) is 23.5 Å². The van der Waals surface area contributed by atoms with Crippen LogP contribution in [0.4, 0.5) is 0 Å². The lowest BCUT2D eigenvalue weighted by molar-refractivity contribution is 0.885. The predicted octanol–water partition coefficient (Wildman–Crippen LogP) is 7.23. The highest BCUT2D eigenvalue weighted by molar-refractivity contribution is 9.30. The van der Waals surface area contributed by atoms with Gasteiger partial charge < -0.3 is 0 Å². The Morgan fingerprint density at radius 2 is 1.14 bits per heavy atom. The fourth-order valence-electron chi connectivity index (χ4n) is 2.07. The molecule has 2 nitrogen and oxygen atoms in total. The number of hydrogen-bond donors (Lipinski definition) is 0. The molecule has 0 radical (unpaired) electrons. The van der Waals surface area contributed by atoms with E-state index in [-0.39, 0.29) is 9.49 Å². The van der Waals surface area contributed by atoms with Gasteiger partial charge in [-0.15, -0.1) is 0 Å². The van der Waals surface area contributed by atoms with Crippen molar-refractivity contribution < 1.29 is 0 Å². The van der Waals surface area contributed by atoms with E-state index in [1.807, 2.05) is 23.5 Å². The quantitative estimate of drug-likeness (QED) is 0.360.